The van der Waals surface area contributed by atoms with Crippen LogP contribution in [-0.2, 0) is 9.59 Å². The molecule has 2 atom stereocenters. The fourth-order valence-corrected chi connectivity index (χ4v) is 4.10. The molecule has 5 nitrogen and oxygen atoms in total. The zero-order valence-corrected chi connectivity index (χ0v) is 15.2. The van der Waals surface area contributed by atoms with Gasteiger partial charge in [0.1, 0.15) is 0 Å². The summed E-state index contributed by atoms with van der Waals surface area (Å²) in [5, 5.41) is 18.7. The van der Waals surface area contributed by atoms with Crippen molar-refractivity contribution >= 4 is 39.1 Å². The number of carboxylic acid groups (broad SMARTS) is 1. The predicted molar refractivity (Wildman–Crippen MR) is 104 cm³/mol. The Kier molecular flexibility index (Phi) is 4.73. The fourth-order valence-electron chi connectivity index (χ4n) is 3.37. The molecular weight excluding hydrogens is 360 g/mol. The van der Waals surface area contributed by atoms with Gasteiger partial charge in [-0.1, -0.05) is 48.6 Å². The number of amides is 1. The highest BCUT2D eigenvalue weighted by Crippen LogP contribution is 2.30. The van der Waals surface area contributed by atoms with E-state index in [4.69, 9.17) is 0 Å². The minimum Gasteiger partial charge on any atom is -0.550 e. The molecule has 4 rings (SSSR count). The molecule has 0 unspecified atom stereocenters. The van der Waals surface area contributed by atoms with Crippen LogP contribution in [0.3, 0.4) is 0 Å². The number of allylic oxidation sites excluding steroid dienone is 2. The number of carbonyl (C=O) groups excluding carboxylic acids is 2. The number of carboxylic acids is 1. The smallest absolute Gasteiger partial charge is 0.230 e. The molecule has 136 valence electrons. The number of rotatable bonds is 4. The van der Waals surface area contributed by atoms with Crippen LogP contribution >= 0.6 is 11.3 Å². The Balaban J connectivity index is 1.52. The highest BCUT2D eigenvalue weighted by molar-refractivity contribution is 7.14. The van der Waals surface area contributed by atoms with Gasteiger partial charge in [-0.2, -0.15) is 0 Å². The number of nitrogens with zero attached hydrogens (tertiary/aromatic N) is 1. The summed E-state index contributed by atoms with van der Waals surface area (Å²) in [6, 6.07) is 14.2. The number of hydrogen-bond donors (Lipinski definition) is 1. The van der Waals surface area contributed by atoms with Crippen molar-refractivity contribution in [2.45, 2.75) is 12.8 Å². The third-order valence-electron chi connectivity index (χ3n) is 4.85. The Morgan fingerprint density at radius 2 is 1.78 bits per heavy atom. The van der Waals surface area contributed by atoms with Gasteiger partial charge in [0, 0.05) is 22.8 Å². The summed E-state index contributed by atoms with van der Waals surface area (Å²) in [4.78, 5) is 28.3. The number of carbonyl (C=O) groups is 2. The van der Waals surface area contributed by atoms with Gasteiger partial charge in [0.25, 0.3) is 0 Å². The quantitative estimate of drug-likeness (QED) is 0.708. The number of hydrogen-bond acceptors (Lipinski definition) is 5. The summed E-state index contributed by atoms with van der Waals surface area (Å²) in [6.45, 7) is 0. The Labute approximate surface area is 160 Å². The molecule has 1 amide bonds. The predicted octanol–water partition coefficient (Wildman–Crippen LogP) is 3.23. The van der Waals surface area contributed by atoms with Crippen LogP contribution in [0.5, 0.6) is 0 Å². The van der Waals surface area contributed by atoms with E-state index in [2.05, 4.69) is 22.4 Å². The van der Waals surface area contributed by atoms with E-state index in [-0.39, 0.29) is 5.91 Å². The number of fused-ring (bicyclic) bond motifs is 1. The molecule has 2 aromatic carbocycles. The fraction of sp³-hybridized carbons (Fsp3) is 0.190. The van der Waals surface area contributed by atoms with Crippen molar-refractivity contribution in [1.82, 2.24) is 4.98 Å². The Hall–Kier alpha value is -2.99. The highest BCUT2D eigenvalue weighted by atomic mass is 32.1. The van der Waals surface area contributed by atoms with Crippen molar-refractivity contribution in [3.63, 3.8) is 0 Å². The lowest BCUT2D eigenvalue weighted by Crippen LogP contribution is -2.41. The first kappa shape index (κ1) is 17.4. The van der Waals surface area contributed by atoms with E-state index in [9.17, 15) is 14.7 Å². The van der Waals surface area contributed by atoms with Crippen LogP contribution in [0.1, 0.15) is 12.8 Å². The molecule has 1 aromatic heterocycles. The summed E-state index contributed by atoms with van der Waals surface area (Å²) < 4.78 is 0. The number of thiazole rings is 1. The lowest BCUT2D eigenvalue weighted by Gasteiger charge is -2.27. The lowest BCUT2D eigenvalue weighted by atomic mass is 9.82. The van der Waals surface area contributed by atoms with E-state index in [1.54, 1.807) is 6.08 Å². The zero-order valence-electron chi connectivity index (χ0n) is 14.4. The van der Waals surface area contributed by atoms with Crippen molar-refractivity contribution in [3.8, 4) is 11.3 Å². The lowest BCUT2D eigenvalue weighted by molar-refractivity contribution is -0.313. The molecule has 27 heavy (non-hydrogen) atoms. The molecule has 0 aliphatic heterocycles. The molecule has 0 fully saturated rings. The molecule has 0 spiro atoms. The third kappa shape index (κ3) is 3.61. The molecule has 1 heterocycles. The average Bonchev–Trinajstić information content (AvgIpc) is 3.16. The van der Waals surface area contributed by atoms with Crippen molar-refractivity contribution < 1.29 is 14.7 Å². The summed E-state index contributed by atoms with van der Waals surface area (Å²) in [6.07, 6.45) is 4.34. The van der Waals surface area contributed by atoms with Crippen LogP contribution in [-0.4, -0.2) is 16.9 Å². The summed E-state index contributed by atoms with van der Waals surface area (Å²) in [7, 11) is 0. The van der Waals surface area contributed by atoms with Crippen LogP contribution in [0.15, 0.2) is 60.0 Å². The van der Waals surface area contributed by atoms with Gasteiger partial charge in [0.05, 0.1) is 11.6 Å². The molecule has 6 heteroatoms. The largest absolute Gasteiger partial charge is 0.550 e. The number of aromatic nitrogens is 1. The standard InChI is InChI=1S/C21H18N2O3S/c24-19(16-7-3-4-8-17(16)20(25)26)23-21-22-18(12-27-21)15-10-9-13-5-1-2-6-14(13)11-15/h1-6,9-12,16-17H,7-8H2,(H,25,26)(H,22,23,24)/p-1/t16-,17-/m0/s1. The van der Waals surface area contributed by atoms with Crippen molar-refractivity contribution in [2.24, 2.45) is 11.8 Å². The van der Waals surface area contributed by atoms with Crippen molar-refractivity contribution in [2.75, 3.05) is 5.32 Å². The Morgan fingerprint density at radius 1 is 1.04 bits per heavy atom. The van der Waals surface area contributed by atoms with Gasteiger partial charge >= 0.3 is 0 Å². The molecule has 0 bridgehead atoms. The molecule has 0 saturated carbocycles. The summed E-state index contributed by atoms with van der Waals surface area (Å²) in [5.41, 5.74) is 1.75. The Morgan fingerprint density at radius 3 is 2.56 bits per heavy atom. The van der Waals surface area contributed by atoms with Gasteiger partial charge in [0.15, 0.2) is 5.13 Å². The molecule has 1 aliphatic rings. The van der Waals surface area contributed by atoms with Crippen molar-refractivity contribution in [3.05, 3.63) is 60.0 Å². The number of anilines is 1. The SMILES string of the molecule is O=C([O-])[C@H]1CC=CC[C@@H]1C(=O)Nc1nc(-c2ccc3ccccc3c2)cs1. The van der Waals surface area contributed by atoms with E-state index in [1.165, 1.54) is 11.3 Å². The molecule has 0 saturated heterocycles. The van der Waals surface area contributed by atoms with E-state index in [1.807, 2.05) is 41.8 Å². The van der Waals surface area contributed by atoms with Gasteiger partial charge in [-0.05, 0) is 29.7 Å². The van der Waals surface area contributed by atoms with E-state index in [0.717, 1.165) is 22.0 Å². The second-order valence-electron chi connectivity index (χ2n) is 6.56. The minimum atomic E-state index is -1.18. The Bertz CT molecular complexity index is 1040. The number of nitrogens with one attached hydrogen (secondary N) is 1. The van der Waals surface area contributed by atoms with Gasteiger partial charge in [0.2, 0.25) is 5.91 Å². The number of aliphatic carboxylic acids is 1. The average molecular weight is 377 g/mol. The highest BCUT2D eigenvalue weighted by Gasteiger charge is 2.30. The normalized spacial score (nSPS) is 19.1. The summed E-state index contributed by atoms with van der Waals surface area (Å²) >= 11 is 1.33. The number of benzene rings is 2. The van der Waals surface area contributed by atoms with Crippen molar-refractivity contribution in [1.29, 1.82) is 0 Å². The maximum Gasteiger partial charge on any atom is 0.230 e. The maximum absolute atomic E-state index is 12.5. The maximum atomic E-state index is 12.5. The third-order valence-corrected chi connectivity index (χ3v) is 5.61. The first-order valence-electron chi connectivity index (χ1n) is 8.73. The van der Waals surface area contributed by atoms with Gasteiger partial charge in [-0.15, -0.1) is 11.3 Å². The van der Waals surface area contributed by atoms with Gasteiger partial charge in [-0.25, -0.2) is 4.98 Å². The van der Waals surface area contributed by atoms with E-state index >= 15 is 0 Å². The zero-order chi connectivity index (χ0) is 18.8. The molecular formula is C21H17N2O3S-. The topological polar surface area (TPSA) is 82.1 Å². The minimum absolute atomic E-state index is 0.320. The van der Waals surface area contributed by atoms with Crippen LogP contribution < -0.4 is 10.4 Å². The van der Waals surface area contributed by atoms with Crippen LogP contribution in [0.2, 0.25) is 0 Å². The monoisotopic (exact) mass is 377 g/mol. The van der Waals surface area contributed by atoms with Crippen LogP contribution in [0.25, 0.3) is 22.0 Å². The summed E-state index contributed by atoms with van der Waals surface area (Å²) in [5.74, 6) is -2.94. The van der Waals surface area contributed by atoms with Crippen LogP contribution in [0, 0.1) is 11.8 Å². The molecule has 3 aromatic rings. The molecule has 0 radical (unpaired) electrons. The van der Waals surface area contributed by atoms with Gasteiger partial charge < -0.3 is 15.2 Å². The molecule has 1 aliphatic carbocycles. The van der Waals surface area contributed by atoms with Gasteiger partial charge in [-0.3, -0.25) is 4.79 Å². The second-order valence-corrected chi connectivity index (χ2v) is 7.42. The second kappa shape index (κ2) is 7.32. The van der Waals surface area contributed by atoms with E-state index < -0.39 is 17.8 Å². The van der Waals surface area contributed by atoms with E-state index in [0.29, 0.717) is 18.0 Å². The first-order valence-corrected chi connectivity index (χ1v) is 9.61. The first-order chi connectivity index (χ1) is 13.1. The molecule has 1 N–H and O–H groups in total. The van der Waals surface area contributed by atoms with Crippen LogP contribution in [0.4, 0.5) is 5.13 Å².